The van der Waals surface area contributed by atoms with Crippen molar-refractivity contribution < 1.29 is 14.3 Å². The molecule has 1 aliphatic heterocycles. The Kier molecular flexibility index (Phi) is 6.89. The van der Waals surface area contributed by atoms with Crippen molar-refractivity contribution >= 4 is 11.9 Å². The molecule has 2 rings (SSSR count). The number of amides is 3. The highest BCUT2D eigenvalue weighted by atomic mass is 16.5. The topological polar surface area (TPSA) is 70.7 Å². The lowest BCUT2D eigenvalue weighted by atomic mass is 9.96. The van der Waals surface area contributed by atoms with Crippen molar-refractivity contribution in [3.63, 3.8) is 0 Å². The van der Waals surface area contributed by atoms with Crippen LogP contribution in [0.2, 0.25) is 0 Å². The Morgan fingerprint density at radius 3 is 2.31 bits per heavy atom. The average molecular weight is 361 g/mol. The highest BCUT2D eigenvalue weighted by molar-refractivity contribution is 5.94. The molecular weight excluding hydrogens is 330 g/mol. The minimum absolute atomic E-state index is 0.00521. The molecule has 144 valence electrons. The van der Waals surface area contributed by atoms with E-state index in [9.17, 15) is 9.59 Å². The van der Waals surface area contributed by atoms with E-state index in [1.54, 1.807) is 12.1 Å². The van der Waals surface area contributed by atoms with Crippen molar-refractivity contribution in [3.05, 3.63) is 29.8 Å². The van der Waals surface area contributed by atoms with Gasteiger partial charge in [-0.3, -0.25) is 4.79 Å². The largest absolute Gasteiger partial charge is 0.494 e. The minimum atomic E-state index is -0.223. The molecule has 6 nitrogen and oxygen atoms in total. The number of carbonyl (C=O) groups excluding carboxylic acids is 2. The Labute approximate surface area is 156 Å². The van der Waals surface area contributed by atoms with Crippen LogP contribution in [0, 0.1) is 5.92 Å². The standard InChI is InChI=1S/C20H31N3O3/c1-5-26-17-8-6-16(7-9-17)18(24)21-14-15-10-12-23(13-11-15)19(25)22-20(2,3)4/h6-9,15H,5,10-14H2,1-4H3,(H,21,24)(H,22,25). The van der Waals surface area contributed by atoms with Gasteiger partial charge < -0.3 is 20.3 Å². The van der Waals surface area contributed by atoms with Gasteiger partial charge in [-0.15, -0.1) is 0 Å². The molecule has 1 saturated heterocycles. The van der Waals surface area contributed by atoms with Crippen LogP contribution in [0.4, 0.5) is 4.79 Å². The smallest absolute Gasteiger partial charge is 0.317 e. The van der Waals surface area contributed by atoms with Crippen LogP contribution < -0.4 is 15.4 Å². The SMILES string of the molecule is CCOc1ccc(C(=O)NCC2CCN(C(=O)NC(C)(C)C)CC2)cc1. The lowest BCUT2D eigenvalue weighted by Gasteiger charge is -2.34. The first-order valence-electron chi connectivity index (χ1n) is 9.36. The highest BCUT2D eigenvalue weighted by Gasteiger charge is 2.25. The maximum absolute atomic E-state index is 12.3. The quantitative estimate of drug-likeness (QED) is 0.847. The number of piperidine rings is 1. The fourth-order valence-electron chi connectivity index (χ4n) is 2.95. The molecule has 1 aromatic rings. The van der Waals surface area contributed by atoms with Crippen LogP contribution in [0.25, 0.3) is 0 Å². The van der Waals surface area contributed by atoms with E-state index in [0.29, 0.717) is 24.6 Å². The number of hydrogen-bond acceptors (Lipinski definition) is 3. The second-order valence-electron chi connectivity index (χ2n) is 7.78. The second-order valence-corrected chi connectivity index (χ2v) is 7.78. The van der Waals surface area contributed by atoms with E-state index < -0.39 is 0 Å². The third kappa shape index (κ3) is 6.24. The molecule has 2 N–H and O–H groups in total. The molecule has 3 amide bonds. The maximum atomic E-state index is 12.3. The molecule has 1 aliphatic rings. The van der Waals surface area contributed by atoms with Crippen LogP contribution in [0.5, 0.6) is 5.75 Å². The predicted molar refractivity (Wildman–Crippen MR) is 103 cm³/mol. The summed E-state index contributed by atoms with van der Waals surface area (Å²) in [5.41, 5.74) is 0.412. The van der Waals surface area contributed by atoms with Gasteiger partial charge in [0.1, 0.15) is 5.75 Å². The Bertz CT molecular complexity index is 600. The molecule has 26 heavy (non-hydrogen) atoms. The first-order chi connectivity index (χ1) is 12.3. The summed E-state index contributed by atoms with van der Waals surface area (Å²) in [7, 11) is 0. The van der Waals surface area contributed by atoms with Gasteiger partial charge in [0.15, 0.2) is 0 Å². The molecule has 0 atom stereocenters. The van der Waals surface area contributed by atoms with Crippen LogP contribution in [0.1, 0.15) is 50.9 Å². The molecule has 6 heteroatoms. The van der Waals surface area contributed by atoms with E-state index in [1.165, 1.54) is 0 Å². The lowest BCUT2D eigenvalue weighted by Crippen LogP contribution is -2.51. The summed E-state index contributed by atoms with van der Waals surface area (Å²) in [5.74, 6) is 1.10. The average Bonchev–Trinajstić information content (AvgIpc) is 2.59. The molecule has 0 bridgehead atoms. The number of rotatable bonds is 5. The highest BCUT2D eigenvalue weighted by Crippen LogP contribution is 2.18. The lowest BCUT2D eigenvalue weighted by molar-refractivity contribution is 0.0937. The number of ether oxygens (including phenoxy) is 1. The Morgan fingerprint density at radius 1 is 1.15 bits per heavy atom. The molecule has 1 aromatic carbocycles. The number of nitrogens with one attached hydrogen (secondary N) is 2. The Morgan fingerprint density at radius 2 is 1.77 bits per heavy atom. The van der Waals surface area contributed by atoms with Crippen molar-refractivity contribution in [2.24, 2.45) is 5.92 Å². The zero-order valence-electron chi connectivity index (χ0n) is 16.3. The zero-order chi connectivity index (χ0) is 19.2. The summed E-state index contributed by atoms with van der Waals surface area (Å²) in [6.07, 6.45) is 1.81. The predicted octanol–water partition coefficient (Wildman–Crippen LogP) is 3.04. The molecule has 0 saturated carbocycles. The molecule has 0 unspecified atom stereocenters. The van der Waals surface area contributed by atoms with Crippen molar-refractivity contribution in [2.45, 2.75) is 46.1 Å². The van der Waals surface area contributed by atoms with Crippen molar-refractivity contribution in [1.29, 1.82) is 0 Å². The number of hydrogen-bond donors (Lipinski definition) is 2. The maximum Gasteiger partial charge on any atom is 0.317 e. The number of likely N-dealkylation sites (tertiary alicyclic amines) is 1. The number of carbonyl (C=O) groups is 2. The van der Waals surface area contributed by atoms with E-state index in [4.69, 9.17) is 4.74 Å². The van der Waals surface area contributed by atoms with Gasteiger partial charge in [0.05, 0.1) is 6.61 Å². The van der Waals surface area contributed by atoms with Gasteiger partial charge in [0.2, 0.25) is 0 Å². The van der Waals surface area contributed by atoms with E-state index in [0.717, 1.165) is 31.7 Å². The zero-order valence-corrected chi connectivity index (χ0v) is 16.3. The van der Waals surface area contributed by atoms with Gasteiger partial charge in [0.25, 0.3) is 5.91 Å². The fourth-order valence-corrected chi connectivity index (χ4v) is 2.95. The van der Waals surface area contributed by atoms with Gasteiger partial charge in [-0.1, -0.05) is 0 Å². The monoisotopic (exact) mass is 361 g/mol. The van der Waals surface area contributed by atoms with Crippen molar-refractivity contribution in [3.8, 4) is 5.75 Å². The van der Waals surface area contributed by atoms with Gasteiger partial charge in [-0.2, -0.15) is 0 Å². The molecule has 0 aromatic heterocycles. The normalized spacial score (nSPS) is 15.5. The summed E-state index contributed by atoms with van der Waals surface area (Å²) >= 11 is 0. The van der Waals surface area contributed by atoms with Crippen LogP contribution in [0.15, 0.2) is 24.3 Å². The minimum Gasteiger partial charge on any atom is -0.494 e. The van der Waals surface area contributed by atoms with E-state index in [2.05, 4.69) is 10.6 Å². The third-order valence-electron chi connectivity index (χ3n) is 4.36. The van der Waals surface area contributed by atoms with Gasteiger partial charge >= 0.3 is 6.03 Å². The van der Waals surface area contributed by atoms with E-state index in [-0.39, 0.29) is 17.5 Å². The van der Waals surface area contributed by atoms with Crippen LogP contribution in [-0.2, 0) is 0 Å². The van der Waals surface area contributed by atoms with Crippen molar-refractivity contribution in [1.82, 2.24) is 15.5 Å². The molecule has 0 spiro atoms. The summed E-state index contributed by atoms with van der Waals surface area (Å²) in [5, 5.41) is 6.00. The Hall–Kier alpha value is -2.24. The van der Waals surface area contributed by atoms with E-state index >= 15 is 0 Å². The molecular formula is C20H31N3O3. The summed E-state index contributed by atoms with van der Waals surface area (Å²) in [6.45, 7) is 10.6. The van der Waals surface area contributed by atoms with Crippen LogP contribution in [0.3, 0.4) is 0 Å². The summed E-state index contributed by atoms with van der Waals surface area (Å²) in [6, 6.07) is 7.17. The first-order valence-corrected chi connectivity index (χ1v) is 9.36. The number of benzene rings is 1. The number of urea groups is 1. The number of nitrogens with zero attached hydrogens (tertiary/aromatic N) is 1. The van der Waals surface area contributed by atoms with Crippen LogP contribution >= 0.6 is 0 Å². The first kappa shape index (κ1) is 20.1. The summed E-state index contributed by atoms with van der Waals surface area (Å²) in [4.78, 5) is 26.3. The van der Waals surface area contributed by atoms with E-state index in [1.807, 2.05) is 44.7 Å². The third-order valence-corrected chi connectivity index (χ3v) is 4.36. The molecule has 0 radical (unpaired) electrons. The van der Waals surface area contributed by atoms with Gasteiger partial charge in [-0.25, -0.2) is 4.79 Å². The molecule has 1 heterocycles. The Balaban J connectivity index is 1.74. The molecule has 0 aliphatic carbocycles. The van der Waals surface area contributed by atoms with Crippen LogP contribution in [-0.4, -0.2) is 48.6 Å². The van der Waals surface area contributed by atoms with Gasteiger partial charge in [0, 0.05) is 30.7 Å². The summed E-state index contributed by atoms with van der Waals surface area (Å²) < 4.78 is 5.39. The second kappa shape index (κ2) is 8.92. The van der Waals surface area contributed by atoms with Gasteiger partial charge in [-0.05, 0) is 70.7 Å². The molecule has 1 fully saturated rings. The van der Waals surface area contributed by atoms with Crippen molar-refractivity contribution in [2.75, 3.05) is 26.2 Å². The fraction of sp³-hybridized carbons (Fsp3) is 0.600.